The Bertz CT molecular complexity index is 505. The van der Waals surface area contributed by atoms with Gasteiger partial charge in [-0.3, -0.25) is 9.69 Å². The average molecular weight is 305 g/mol. The van der Waals surface area contributed by atoms with Crippen molar-refractivity contribution in [3.63, 3.8) is 0 Å². The second kappa shape index (κ2) is 6.84. The van der Waals surface area contributed by atoms with Gasteiger partial charge in [0, 0.05) is 23.9 Å². The van der Waals surface area contributed by atoms with Crippen molar-refractivity contribution in [2.75, 3.05) is 18.8 Å². The number of piperidine rings is 1. The lowest BCUT2D eigenvalue weighted by Crippen LogP contribution is -2.39. The van der Waals surface area contributed by atoms with E-state index in [1.807, 2.05) is 11.8 Å². The predicted octanol–water partition coefficient (Wildman–Crippen LogP) is 3.80. The van der Waals surface area contributed by atoms with Gasteiger partial charge >= 0.3 is 5.97 Å². The number of hydrogen-bond donors (Lipinski definition) is 1. The molecule has 2 unspecified atom stereocenters. The first kappa shape index (κ1) is 14.9. The summed E-state index contributed by atoms with van der Waals surface area (Å²) >= 11 is 1.97. The average Bonchev–Trinajstić information content (AvgIpc) is 2.52. The third-order valence-corrected chi connectivity index (χ3v) is 5.81. The fraction of sp³-hybridized carbons (Fsp3) is 0.588. The summed E-state index contributed by atoms with van der Waals surface area (Å²) in [5.74, 6) is 1.08. The molecule has 21 heavy (non-hydrogen) atoms. The van der Waals surface area contributed by atoms with Gasteiger partial charge < -0.3 is 5.11 Å². The summed E-state index contributed by atoms with van der Waals surface area (Å²) in [6.45, 7) is 2.23. The largest absolute Gasteiger partial charge is 0.481 e. The number of hydrogen-bond acceptors (Lipinski definition) is 3. The number of fused-ring (bicyclic) bond motifs is 1. The molecule has 1 aromatic rings. The molecule has 3 rings (SSSR count). The van der Waals surface area contributed by atoms with Crippen molar-refractivity contribution in [2.45, 2.75) is 43.0 Å². The number of benzene rings is 1. The van der Waals surface area contributed by atoms with Crippen LogP contribution in [0.15, 0.2) is 29.2 Å². The van der Waals surface area contributed by atoms with E-state index in [0.29, 0.717) is 18.4 Å². The van der Waals surface area contributed by atoms with E-state index in [1.165, 1.54) is 35.5 Å². The lowest BCUT2D eigenvalue weighted by Gasteiger charge is -2.40. The Morgan fingerprint density at radius 1 is 1.33 bits per heavy atom. The number of carboxylic acids is 1. The molecule has 2 aliphatic rings. The van der Waals surface area contributed by atoms with Crippen LogP contribution in [0.1, 0.15) is 43.7 Å². The molecule has 4 heteroatoms. The van der Waals surface area contributed by atoms with Crippen molar-refractivity contribution >= 4 is 17.7 Å². The SMILES string of the molecule is O=C(O)CCC1CCCN(C2CCSc3ccccc32)C1. The van der Waals surface area contributed by atoms with Crippen molar-refractivity contribution < 1.29 is 9.90 Å². The molecule has 2 atom stereocenters. The smallest absolute Gasteiger partial charge is 0.303 e. The van der Waals surface area contributed by atoms with E-state index in [9.17, 15) is 4.79 Å². The van der Waals surface area contributed by atoms with Gasteiger partial charge in [0.2, 0.25) is 0 Å². The third kappa shape index (κ3) is 3.61. The second-order valence-electron chi connectivity index (χ2n) is 6.13. The second-order valence-corrected chi connectivity index (χ2v) is 7.26. The lowest BCUT2D eigenvalue weighted by molar-refractivity contribution is -0.137. The van der Waals surface area contributed by atoms with Crippen molar-refractivity contribution in [1.82, 2.24) is 4.90 Å². The summed E-state index contributed by atoms with van der Waals surface area (Å²) < 4.78 is 0. The van der Waals surface area contributed by atoms with Crippen LogP contribution in [-0.4, -0.2) is 34.8 Å². The van der Waals surface area contributed by atoms with Gasteiger partial charge in [-0.15, -0.1) is 11.8 Å². The Morgan fingerprint density at radius 2 is 2.19 bits per heavy atom. The van der Waals surface area contributed by atoms with Gasteiger partial charge in [-0.25, -0.2) is 0 Å². The standard InChI is InChI=1S/C17H23NO2S/c19-17(20)8-7-13-4-3-10-18(12-13)15-9-11-21-16-6-2-1-5-14(15)16/h1-2,5-6,13,15H,3-4,7-12H2,(H,19,20). The number of carboxylic acid groups (broad SMARTS) is 1. The molecule has 1 fully saturated rings. The van der Waals surface area contributed by atoms with Gasteiger partial charge in [0.1, 0.15) is 0 Å². The quantitative estimate of drug-likeness (QED) is 0.918. The van der Waals surface area contributed by atoms with E-state index in [-0.39, 0.29) is 0 Å². The molecule has 0 spiro atoms. The normalized spacial score (nSPS) is 26.3. The molecule has 0 radical (unpaired) electrons. The summed E-state index contributed by atoms with van der Waals surface area (Å²) in [6, 6.07) is 9.31. The maximum Gasteiger partial charge on any atom is 0.303 e. The highest BCUT2D eigenvalue weighted by atomic mass is 32.2. The van der Waals surface area contributed by atoms with Crippen LogP contribution in [0.4, 0.5) is 0 Å². The minimum absolute atomic E-state index is 0.315. The van der Waals surface area contributed by atoms with Crippen molar-refractivity contribution in [2.24, 2.45) is 5.92 Å². The fourth-order valence-corrected chi connectivity index (χ4v) is 4.75. The first-order chi connectivity index (χ1) is 10.2. The Morgan fingerprint density at radius 3 is 3.05 bits per heavy atom. The van der Waals surface area contributed by atoms with Gasteiger partial charge in [-0.2, -0.15) is 0 Å². The molecule has 0 aliphatic carbocycles. The van der Waals surface area contributed by atoms with E-state index in [1.54, 1.807) is 0 Å². The van der Waals surface area contributed by atoms with Gasteiger partial charge in [-0.05, 0) is 55.5 Å². The number of carbonyl (C=O) groups is 1. The van der Waals surface area contributed by atoms with Crippen LogP contribution >= 0.6 is 11.8 Å². The highest BCUT2D eigenvalue weighted by Gasteiger charge is 2.30. The number of aliphatic carboxylic acids is 1. The van der Waals surface area contributed by atoms with Crippen LogP contribution in [-0.2, 0) is 4.79 Å². The van der Waals surface area contributed by atoms with E-state index in [4.69, 9.17) is 5.11 Å². The zero-order chi connectivity index (χ0) is 14.7. The summed E-state index contributed by atoms with van der Waals surface area (Å²) in [5.41, 5.74) is 1.48. The first-order valence-corrected chi connectivity index (χ1v) is 8.90. The third-order valence-electron chi connectivity index (χ3n) is 4.68. The van der Waals surface area contributed by atoms with Crippen LogP contribution < -0.4 is 0 Å². The first-order valence-electron chi connectivity index (χ1n) is 7.91. The minimum Gasteiger partial charge on any atom is -0.481 e. The van der Waals surface area contributed by atoms with E-state index >= 15 is 0 Å². The molecular weight excluding hydrogens is 282 g/mol. The Kier molecular flexibility index (Phi) is 4.86. The maximum atomic E-state index is 10.8. The highest BCUT2D eigenvalue weighted by molar-refractivity contribution is 7.99. The Labute approximate surface area is 130 Å². The number of rotatable bonds is 4. The predicted molar refractivity (Wildman–Crippen MR) is 85.7 cm³/mol. The van der Waals surface area contributed by atoms with E-state index < -0.39 is 5.97 Å². The zero-order valence-electron chi connectivity index (χ0n) is 12.3. The number of likely N-dealkylation sites (tertiary alicyclic amines) is 1. The van der Waals surface area contributed by atoms with Crippen LogP contribution in [0.25, 0.3) is 0 Å². The molecule has 3 nitrogen and oxygen atoms in total. The van der Waals surface area contributed by atoms with Crippen LogP contribution in [0, 0.1) is 5.92 Å². The Hall–Kier alpha value is -1.00. The van der Waals surface area contributed by atoms with Gasteiger partial charge in [0.15, 0.2) is 0 Å². The monoisotopic (exact) mass is 305 g/mol. The van der Waals surface area contributed by atoms with E-state index in [0.717, 1.165) is 19.5 Å². The lowest BCUT2D eigenvalue weighted by atomic mass is 9.90. The molecule has 114 valence electrons. The zero-order valence-corrected chi connectivity index (χ0v) is 13.1. The summed E-state index contributed by atoms with van der Waals surface area (Å²) in [7, 11) is 0. The van der Waals surface area contributed by atoms with Crippen molar-refractivity contribution in [3.8, 4) is 0 Å². The molecule has 0 aromatic heterocycles. The van der Waals surface area contributed by atoms with Gasteiger partial charge in [0.25, 0.3) is 0 Å². The summed E-state index contributed by atoms with van der Waals surface area (Å²) in [5, 5.41) is 8.87. The number of thioether (sulfide) groups is 1. The molecule has 1 saturated heterocycles. The molecule has 1 aromatic carbocycles. The number of nitrogens with zero attached hydrogens (tertiary/aromatic N) is 1. The molecule has 0 amide bonds. The molecule has 0 bridgehead atoms. The van der Waals surface area contributed by atoms with Crippen LogP contribution in [0.3, 0.4) is 0 Å². The maximum absolute atomic E-state index is 10.8. The van der Waals surface area contributed by atoms with E-state index in [2.05, 4.69) is 29.2 Å². The van der Waals surface area contributed by atoms with Crippen LogP contribution in [0.2, 0.25) is 0 Å². The van der Waals surface area contributed by atoms with Crippen molar-refractivity contribution in [3.05, 3.63) is 29.8 Å². The fourth-order valence-electron chi connectivity index (χ4n) is 3.65. The summed E-state index contributed by atoms with van der Waals surface area (Å²) in [4.78, 5) is 14.8. The highest BCUT2D eigenvalue weighted by Crippen LogP contribution is 2.40. The molecule has 2 heterocycles. The molecular formula is C17H23NO2S. The minimum atomic E-state index is -0.661. The van der Waals surface area contributed by atoms with Crippen LogP contribution in [0.5, 0.6) is 0 Å². The van der Waals surface area contributed by atoms with Crippen molar-refractivity contribution in [1.29, 1.82) is 0 Å². The Balaban J connectivity index is 1.68. The van der Waals surface area contributed by atoms with Gasteiger partial charge in [0.05, 0.1) is 0 Å². The van der Waals surface area contributed by atoms with Gasteiger partial charge in [-0.1, -0.05) is 18.2 Å². The molecule has 0 saturated carbocycles. The summed E-state index contributed by atoms with van der Waals surface area (Å²) in [6.07, 6.45) is 4.75. The topological polar surface area (TPSA) is 40.5 Å². The molecule has 1 N–H and O–H groups in total. The molecule has 2 aliphatic heterocycles.